The van der Waals surface area contributed by atoms with Crippen molar-refractivity contribution in [3.8, 4) is 0 Å². The Bertz CT molecular complexity index is 677. The third-order valence-electron chi connectivity index (χ3n) is 4.74. The van der Waals surface area contributed by atoms with Gasteiger partial charge in [0.2, 0.25) is 0 Å². The average Bonchev–Trinajstić information content (AvgIpc) is 2.78. The Kier molecular flexibility index (Phi) is 4.78. The summed E-state index contributed by atoms with van der Waals surface area (Å²) < 4.78 is 12.2. The second-order valence-electron chi connectivity index (χ2n) is 6.32. The van der Waals surface area contributed by atoms with Gasteiger partial charge in [-0.2, -0.15) is 0 Å². The first kappa shape index (κ1) is 17.4. The van der Waals surface area contributed by atoms with E-state index >= 15 is 0 Å². The van der Waals surface area contributed by atoms with Crippen LogP contribution in [0.5, 0.6) is 0 Å². The number of rotatable bonds is 2. The first-order chi connectivity index (χ1) is 11.9. The Morgan fingerprint density at radius 3 is 2.36 bits per heavy atom. The molecule has 0 amide bonds. The normalized spacial score (nSPS) is 29.4. The quantitative estimate of drug-likeness (QED) is 0.792. The van der Waals surface area contributed by atoms with Gasteiger partial charge in [0.05, 0.1) is 0 Å². The van der Waals surface area contributed by atoms with Crippen LogP contribution in [0.3, 0.4) is 0 Å². The molecule has 1 aromatic carbocycles. The smallest absolute Gasteiger partial charge is 0.328 e. The molecule has 2 N–H and O–H groups in total. The summed E-state index contributed by atoms with van der Waals surface area (Å²) in [7, 11) is 0. The molecule has 1 aromatic rings. The number of hydrogen-bond acceptors (Lipinski definition) is 5. The lowest BCUT2D eigenvalue weighted by Crippen LogP contribution is -2.44. The molecule has 0 saturated carbocycles. The maximum absolute atomic E-state index is 9.55. The number of benzene rings is 1. The molecule has 0 radical (unpaired) electrons. The third kappa shape index (κ3) is 3.52. The molecule has 7 heteroatoms. The van der Waals surface area contributed by atoms with Crippen LogP contribution >= 0.6 is 0 Å². The van der Waals surface area contributed by atoms with Crippen LogP contribution in [0.15, 0.2) is 36.4 Å². The highest BCUT2D eigenvalue weighted by Gasteiger charge is 2.53. The summed E-state index contributed by atoms with van der Waals surface area (Å²) in [4.78, 5) is 21.6. The van der Waals surface area contributed by atoms with Gasteiger partial charge in [0.1, 0.15) is 11.7 Å². The maximum Gasteiger partial charge on any atom is 0.328 e. The topological polar surface area (TPSA) is 96.3 Å². The molecule has 4 aliphatic heterocycles. The molecule has 0 aromatic heterocycles. The number of hydrogen-bond donors (Lipinski definition) is 2. The van der Waals surface area contributed by atoms with E-state index in [2.05, 4.69) is 29.2 Å². The lowest BCUT2D eigenvalue weighted by molar-refractivity contribution is -0.134. The maximum atomic E-state index is 9.55. The molecule has 2 bridgehead atoms. The predicted molar refractivity (Wildman–Crippen MR) is 89.4 cm³/mol. The van der Waals surface area contributed by atoms with Crippen LogP contribution in [0, 0.1) is 0 Å². The zero-order valence-corrected chi connectivity index (χ0v) is 13.9. The first-order valence-electron chi connectivity index (χ1n) is 8.22. The van der Waals surface area contributed by atoms with E-state index in [9.17, 15) is 9.59 Å². The Morgan fingerprint density at radius 1 is 1.16 bits per heavy atom. The molecule has 134 valence electrons. The van der Waals surface area contributed by atoms with Gasteiger partial charge in [-0.3, -0.25) is 0 Å². The van der Waals surface area contributed by atoms with Gasteiger partial charge >= 0.3 is 11.9 Å². The van der Waals surface area contributed by atoms with Gasteiger partial charge in [-0.15, -0.1) is 0 Å². The van der Waals surface area contributed by atoms with Crippen LogP contribution in [0.1, 0.15) is 31.4 Å². The van der Waals surface area contributed by atoms with Crippen LogP contribution in [0.2, 0.25) is 0 Å². The summed E-state index contributed by atoms with van der Waals surface area (Å²) in [6, 6.07) is 8.62. The number of fused-ring (bicyclic) bond motifs is 2. The molecular weight excluding hydrogens is 326 g/mol. The Hall–Kier alpha value is -2.38. The number of ether oxygens (including phenoxy) is 2. The second-order valence-corrected chi connectivity index (χ2v) is 6.32. The van der Waals surface area contributed by atoms with Crippen molar-refractivity contribution in [3.05, 3.63) is 42.0 Å². The summed E-state index contributed by atoms with van der Waals surface area (Å²) in [6.45, 7) is 4.19. The van der Waals surface area contributed by atoms with Crippen molar-refractivity contribution in [1.29, 1.82) is 0 Å². The van der Waals surface area contributed by atoms with Crippen molar-refractivity contribution in [3.63, 3.8) is 0 Å². The van der Waals surface area contributed by atoms with Gasteiger partial charge in [0, 0.05) is 36.5 Å². The summed E-state index contributed by atoms with van der Waals surface area (Å²) >= 11 is 0. The van der Waals surface area contributed by atoms with E-state index < -0.39 is 11.9 Å². The van der Waals surface area contributed by atoms with Crippen LogP contribution in [-0.4, -0.2) is 47.1 Å². The van der Waals surface area contributed by atoms with E-state index in [4.69, 9.17) is 19.7 Å². The molecule has 5 rings (SSSR count). The minimum Gasteiger partial charge on any atom is -0.478 e. The lowest BCUT2D eigenvalue weighted by Gasteiger charge is -2.37. The molecule has 4 aliphatic rings. The zero-order valence-electron chi connectivity index (χ0n) is 13.9. The van der Waals surface area contributed by atoms with E-state index in [1.54, 1.807) is 0 Å². The van der Waals surface area contributed by atoms with Crippen molar-refractivity contribution in [2.24, 2.45) is 0 Å². The highest BCUT2D eigenvalue weighted by Crippen LogP contribution is 2.52. The Labute approximate surface area is 145 Å². The number of carboxylic acids is 2. The fraction of sp³-hybridized carbons (Fsp3) is 0.444. The van der Waals surface area contributed by atoms with Gasteiger partial charge in [-0.05, 0) is 25.8 Å². The van der Waals surface area contributed by atoms with E-state index in [1.165, 1.54) is 11.3 Å². The summed E-state index contributed by atoms with van der Waals surface area (Å²) in [5.41, 5.74) is 2.59. The second kappa shape index (κ2) is 6.85. The Balaban J connectivity index is 0.000000197. The van der Waals surface area contributed by atoms with Crippen molar-refractivity contribution >= 4 is 17.6 Å². The van der Waals surface area contributed by atoms with Crippen LogP contribution in [-0.2, 0) is 19.1 Å². The number of anilines is 1. The molecule has 2 unspecified atom stereocenters. The number of piperidine rings is 1. The minimum absolute atomic E-state index is 0.0669. The molecule has 25 heavy (non-hydrogen) atoms. The highest BCUT2D eigenvalue weighted by atomic mass is 16.7. The zero-order chi connectivity index (χ0) is 18.0. The van der Waals surface area contributed by atoms with E-state index in [-0.39, 0.29) is 18.0 Å². The fourth-order valence-corrected chi connectivity index (χ4v) is 3.74. The number of para-hydroxylation sites is 1. The van der Waals surface area contributed by atoms with Crippen LogP contribution < -0.4 is 4.90 Å². The van der Waals surface area contributed by atoms with Gasteiger partial charge < -0.3 is 24.6 Å². The number of carboxylic acid groups (broad SMARTS) is 2. The summed E-state index contributed by atoms with van der Waals surface area (Å²) in [5.74, 6) is -2.51. The third-order valence-corrected chi connectivity index (χ3v) is 4.74. The van der Waals surface area contributed by atoms with E-state index in [1.807, 2.05) is 6.92 Å². The molecule has 7 nitrogen and oxygen atoms in total. The van der Waals surface area contributed by atoms with Gasteiger partial charge in [-0.1, -0.05) is 18.2 Å². The van der Waals surface area contributed by atoms with Crippen molar-refractivity contribution in [2.45, 2.75) is 37.8 Å². The van der Waals surface area contributed by atoms with Crippen LogP contribution in [0.4, 0.5) is 5.69 Å². The fourth-order valence-electron chi connectivity index (χ4n) is 3.74. The molecule has 2 atom stereocenters. The first-order valence-corrected chi connectivity index (χ1v) is 8.22. The van der Waals surface area contributed by atoms with Crippen molar-refractivity contribution < 1.29 is 29.3 Å². The SMILES string of the molecule is CC1OC2c3ccccc3N3CCC2(CC3)O1.O=C(O)/C=C\C(=O)O. The van der Waals surface area contributed by atoms with Gasteiger partial charge in [-0.25, -0.2) is 9.59 Å². The molecule has 4 heterocycles. The lowest BCUT2D eigenvalue weighted by atomic mass is 9.85. The van der Waals surface area contributed by atoms with Crippen LogP contribution in [0.25, 0.3) is 0 Å². The molecular formula is C18H21NO6. The van der Waals surface area contributed by atoms with E-state index in [0.29, 0.717) is 12.2 Å². The number of aliphatic carboxylic acids is 2. The summed E-state index contributed by atoms with van der Waals surface area (Å²) in [6.07, 6.45) is 3.33. The predicted octanol–water partition coefficient (Wildman–Crippen LogP) is 2.18. The van der Waals surface area contributed by atoms with Gasteiger partial charge in [0.25, 0.3) is 0 Å². The number of carbonyl (C=O) groups is 2. The molecule has 2 saturated heterocycles. The monoisotopic (exact) mass is 347 g/mol. The largest absolute Gasteiger partial charge is 0.478 e. The van der Waals surface area contributed by atoms with E-state index in [0.717, 1.165) is 25.9 Å². The van der Waals surface area contributed by atoms with Crippen molar-refractivity contribution in [1.82, 2.24) is 0 Å². The minimum atomic E-state index is -1.26. The van der Waals surface area contributed by atoms with Crippen molar-refractivity contribution in [2.75, 3.05) is 18.0 Å². The van der Waals surface area contributed by atoms with Gasteiger partial charge in [0.15, 0.2) is 6.29 Å². The standard InChI is InChI=1S/C14H17NO2.C4H4O4/c1-10-16-13-11-4-2-3-5-12(11)15-8-6-14(13,17-10)7-9-15;5-3(6)1-2-4(7)8/h2-5,10,13H,6-9H2,1H3;1-2H,(H,5,6)(H,7,8)/b;2-1-. The molecule has 1 spiro atoms. The molecule has 2 fully saturated rings. The Morgan fingerprint density at radius 2 is 1.76 bits per heavy atom. The number of nitrogens with zero attached hydrogens (tertiary/aromatic N) is 1. The average molecular weight is 347 g/mol. The molecule has 0 aliphatic carbocycles. The highest BCUT2D eigenvalue weighted by molar-refractivity contribution is 5.89. The summed E-state index contributed by atoms with van der Waals surface area (Å²) in [5, 5.41) is 15.6.